The Balaban J connectivity index is 1.74. The lowest BCUT2D eigenvalue weighted by atomic mass is 9.92. The predicted octanol–water partition coefficient (Wildman–Crippen LogP) is -0.197. The van der Waals surface area contributed by atoms with Gasteiger partial charge in [0, 0.05) is 32.1 Å². The summed E-state index contributed by atoms with van der Waals surface area (Å²) in [6, 6.07) is 0. The van der Waals surface area contributed by atoms with Crippen molar-refractivity contribution >= 4 is 5.78 Å². The van der Waals surface area contributed by atoms with Crippen LogP contribution in [0.3, 0.4) is 0 Å². The predicted molar refractivity (Wildman–Crippen MR) is 64.5 cm³/mol. The van der Waals surface area contributed by atoms with E-state index in [-0.39, 0.29) is 0 Å². The van der Waals surface area contributed by atoms with Crippen molar-refractivity contribution < 1.29 is 4.79 Å². The van der Waals surface area contributed by atoms with Crippen LogP contribution < -0.4 is 5.32 Å². The van der Waals surface area contributed by atoms with Gasteiger partial charge in [-0.25, -0.2) is 0 Å². The summed E-state index contributed by atoms with van der Waals surface area (Å²) >= 11 is 0. The van der Waals surface area contributed by atoms with Crippen molar-refractivity contribution in [3.63, 3.8) is 0 Å². The first-order valence-electron chi connectivity index (χ1n) is 6.40. The van der Waals surface area contributed by atoms with E-state index in [2.05, 4.69) is 22.2 Å². The molecule has 2 aliphatic rings. The quantitative estimate of drug-likeness (QED) is 0.722. The molecule has 2 aliphatic heterocycles. The van der Waals surface area contributed by atoms with Gasteiger partial charge in [-0.05, 0) is 33.0 Å². The Morgan fingerprint density at radius 3 is 2.44 bits per heavy atom. The SMILES string of the molecule is CN1CCC(C(=O)CN2CCNCC2)CC1. The maximum atomic E-state index is 12.1. The fourth-order valence-electron chi connectivity index (χ4n) is 2.55. The van der Waals surface area contributed by atoms with E-state index in [0.29, 0.717) is 18.2 Å². The zero-order chi connectivity index (χ0) is 11.4. The molecule has 0 bridgehead atoms. The minimum Gasteiger partial charge on any atom is -0.314 e. The van der Waals surface area contributed by atoms with Crippen molar-refractivity contribution in [3.8, 4) is 0 Å². The summed E-state index contributed by atoms with van der Waals surface area (Å²) in [5, 5.41) is 3.31. The summed E-state index contributed by atoms with van der Waals surface area (Å²) in [6.45, 7) is 6.95. The molecular weight excluding hydrogens is 202 g/mol. The highest BCUT2D eigenvalue weighted by Gasteiger charge is 2.24. The highest BCUT2D eigenvalue weighted by atomic mass is 16.1. The standard InChI is InChI=1S/C12H23N3O/c1-14-6-2-11(3-7-14)12(16)10-15-8-4-13-5-9-15/h11,13H,2-10H2,1H3. The zero-order valence-electron chi connectivity index (χ0n) is 10.2. The van der Waals surface area contributed by atoms with Crippen LogP contribution in [-0.2, 0) is 4.79 Å². The van der Waals surface area contributed by atoms with E-state index in [4.69, 9.17) is 0 Å². The summed E-state index contributed by atoms with van der Waals surface area (Å²) in [6.07, 6.45) is 2.11. The van der Waals surface area contributed by atoms with Crippen molar-refractivity contribution in [3.05, 3.63) is 0 Å². The molecule has 2 fully saturated rings. The van der Waals surface area contributed by atoms with E-state index < -0.39 is 0 Å². The summed E-state index contributed by atoms with van der Waals surface area (Å²) < 4.78 is 0. The van der Waals surface area contributed by atoms with Crippen LogP contribution in [0.2, 0.25) is 0 Å². The van der Waals surface area contributed by atoms with Crippen LogP contribution in [0.5, 0.6) is 0 Å². The van der Waals surface area contributed by atoms with E-state index in [0.717, 1.165) is 52.1 Å². The van der Waals surface area contributed by atoms with Gasteiger partial charge in [-0.3, -0.25) is 9.69 Å². The first kappa shape index (κ1) is 12.0. The Kier molecular flexibility index (Phi) is 4.32. The fourth-order valence-corrected chi connectivity index (χ4v) is 2.55. The van der Waals surface area contributed by atoms with Crippen LogP contribution in [0.1, 0.15) is 12.8 Å². The molecule has 16 heavy (non-hydrogen) atoms. The van der Waals surface area contributed by atoms with Gasteiger partial charge in [0.25, 0.3) is 0 Å². The number of nitrogens with zero attached hydrogens (tertiary/aromatic N) is 2. The van der Waals surface area contributed by atoms with Crippen molar-refractivity contribution in [2.24, 2.45) is 5.92 Å². The largest absolute Gasteiger partial charge is 0.314 e. The molecule has 0 aromatic heterocycles. The topological polar surface area (TPSA) is 35.6 Å². The average Bonchev–Trinajstić information content (AvgIpc) is 2.31. The third-order valence-electron chi connectivity index (χ3n) is 3.76. The molecule has 4 nitrogen and oxygen atoms in total. The minimum atomic E-state index is 0.325. The number of ketones is 1. The van der Waals surface area contributed by atoms with Crippen molar-refractivity contribution in [1.29, 1.82) is 0 Å². The molecule has 0 saturated carbocycles. The third-order valence-corrected chi connectivity index (χ3v) is 3.76. The van der Waals surface area contributed by atoms with Crippen LogP contribution >= 0.6 is 0 Å². The maximum absolute atomic E-state index is 12.1. The zero-order valence-corrected chi connectivity index (χ0v) is 10.2. The Labute approximate surface area is 98.0 Å². The molecule has 2 saturated heterocycles. The Bertz CT molecular complexity index is 230. The third kappa shape index (κ3) is 3.27. The number of Topliss-reactive ketones (excluding diaryl/α,β-unsaturated/α-hetero) is 1. The van der Waals surface area contributed by atoms with Gasteiger partial charge < -0.3 is 10.2 Å². The van der Waals surface area contributed by atoms with Crippen LogP contribution in [0.25, 0.3) is 0 Å². The molecule has 0 radical (unpaired) electrons. The second kappa shape index (κ2) is 5.75. The Morgan fingerprint density at radius 1 is 1.19 bits per heavy atom. The van der Waals surface area contributed by atoms with Gasteiger partial charge in [0.15, 0.2) is 0 Å². The molecule has 0 amide bonds. The highest BCUT2D eigenvalue weighted by Crippen LogP contribution is 2.17. The fraction of sp³-hybridized carbons (Fsp3) is 0.917. The van der Waals surface area contributed by atoms with Crippen LogP contribution in [0, 0.1) is 5.92 Å². The number of hydrogen-bond donors (Lipinski definition) is 1. The number of carbonyl (C=O) groups is 1. The van der Waals surface area contributed by atoms with E-state index in [1.165, 1.54) is 0 Å². The number of carbonyl (C=O) groups excluding carboxylic acids is 1. The van der Waals surface area contributed by atoms with Crippen molar-refractivity contribution in [1.82, 2.24) is 15.1 Å². The first-order chi connectivity index (χ1) is 7.75. The lowest BCUT2D eigenvalue weighted by molar-refractivity contribution is -0.125. The molecule has 4 heteroatoms. The molecule has 1 N–H and O–H groups in total. The van der Waals surface area contributed by atoms with Crippen molar-refractivity contribution in [2.45, 2.75) is 12.8 Å². The second-order valence-electron chi connectivity index (χ2n) is 5.07. The van der Waals surface area contributed by atoms with Crippen molar-refractivity contribution in [2.75, 3.05) is 52.9 Å². The van der Waals surface area contributed by atoms with Gasteiger partial charge in [0.05, 0.1) is 6.54 Å². The van der Waals surface area contributed by atoms with Gasteiger partial charge >= 0.3 is 0 Å². The average molecular weight is 225 g/mol. The number of piperidine rings is 1. The molecule has 0 spiro atoms. The monoisotopic (exact) mass is 225 g/mol. The number of hydrogen-bond acceptors (Lipinski definition) is 4. The van der Waals surface area contributed by atoms with E-state index >= 15 is 0 Å². The Hall–Kier alpha value is -0.450. The molecule has 2 heterocycles. The summed E-state index contributed by atoms with van der Waals surface area (Å²) in [7, 11) is 2.14. The molecule has 2 rings (SSSR count). The highest BCUT2D eigenvalue weighted by molar-refractivity contribution is 5.83. The van der Waals surface area contributed by atoms with Gasteiger partial charge in [0.2, 0.25) is 0 Å². The number of likely N-dealkylation sites (tertiary alicyclic amines) is 1. The van der Waals surface area contributed by atoms with Crippen LogP contribution in [-0.4, -0.2) is 68.4 Å². The molecule has 92 valence electrons. The summed E-state index contributed by atoms with van der Waals surface area (Å²) in [4.78, 5) is 16.7. The van der Waals surface area contributed by atoms with Gasteiger partial charge in [-0.15, -0.1) is 0 Å². The summed E-state index contributed by atoms with van der Waals surface area (Å²) in [5.41, 5.74) is 0. The first-order valence-corrected chi connectivity index (χ1v) is 6.40. The molecular formula is C12H23N3O. The van der Waals surface area contributed by atoms with E-state index in [9.17, 15) is 4.79 Å². The molecule has 0 aromatic rings. The smallest absolute Gasteiger partial charge is 0.149 e. The van der Waals surface area contributed by atoms with E-state index in [1.807, 2.05) is 0 Å². The van der Waals surface area contributed by atoms with Crippen LogP contribution in [0.4, 0.5) is 0 Å². The summed E-state index contributed by atoms with van der Waals surface area (Å²) in [5.74, 6) is 0.793. The maximum Gasteiger partial charge on any atom is 0.149 e. The molecule has 0 atom stereocenters. The normalized spacial score (nSPS) is 25.8. The number of nitrogens with one attached hydrogen (secondary N) is 1. The second-order valence-corrected chi connectivity index (χ2v) is 5.07. The number of piperazine rings is 1. The molecule has 0 aliphatic carbocycles. The van der Waals surface area contributed by atoms with Gasteiger partial charge in [-0.1, -0.05) is 0 Å². The molecule has 0 aromatic carbocycles. The molecule has 0 unspecified atom stereocenters. The lowest BCUT2D eigenvalue weighted by Crippen LogP contribution is -2.47. The van der Waals surface area contributed by atoms with Gasteiger partial charge in [0.1, 0.15) is 5.78 Å². The van der Waals surface area contributed by atoms with Gasteiger partial charge in [-0.2, -0.15) is 0 Å². The lowest BCUT2D eigenvalue weighted by Gasteiger charge is -2.31. The van der Waals surface area contributed by atoms with E-state index in [1.54, 1.807) is 0 Å². The van der Waals surface area contributed by atoms with Crippen LogP contribution in [0.15, 0.2) is 0 Å². The minimum absolute atomic E-state index is 0.325. The number of rotatable bonds is 3. The Morgan fingerprint density at radius 2 is 1.81 bits per heavy atom.